The van der Waals surface area contributed by atoms with Crippen molar-refractivity contribution in [2.75, 3.05) is 13.7 Å². The molecule has 0 heterocycles. The zero-order valence-electron chi connectivity index (χ0n) is 19.6. The second-order valence-electron chi connectivity index (χ2n) is 8.20. The first-order valence-corrected chi connectivity index (χ1v) is 12.7. The summed E-state index contributed by atoms with van der Waals surface area (Å²) in [4.78, 5) is 8.30. The Labute approximate surface area is 216 Å². The van der Waals surface area contributed by atoms with E-state index in [9.17, 15) is 4.39 Å². The van der Waals surface area contributed by atoms with E-state index in [0.717, 1.165) is 39.5 Å². The summed E-state index contributed by atoms with van der Waals surface area (Å²) in [5.74, 6) is 0.794. The van der Waals surface area contributed by atoms with Crippen LogP contribution in [0.25, 0.3) is 0 Å². The van der Waals surface area contributed by atoms with E-state index in [4.69, 9.17) is 21.3 Å². The van der Waals surface area contributed by atoms with Crippen molar-refractivity contribution >= 4 is 28.5 Å². The van der Waals surface area contributed by atoms with Crippen molar-refractivity contribution in [1.29, 1.82) is 0 Å². The fraction of sp³-hybridized carbons (Fsp3) is 0.207. The van der Waals surface area contributed by atoms with Crippen LogP contribution in [0.5, 0.6) is 5.75 Å². The first-order chi connectivity index (χ1) is 17.1. The van der Waals surface area contributed by atoms with Gasteiger partial charge in [-0.3, -0.25) is 0 Å². The van der Waals surface area contributed by atoms with Crippen molar-refractivity contribution in [1.82, 2.24) is 4.90 Å². The molecule has 0 N–H and O–H groups in total. The van der Waals surface area contributed by atoms with E-state index < -0.39 is 6.17 Å². The molecule has 0 saturated carbocycles. The highest BCUT2D eigenvalue weighted by atomic mass is 35.5. The third-order valence-electron chi connectivity index (χ3n) is 5.57. The summed E-state index contributed by atoms with van der Waals surface area (Å²) in [5, 5.41) is 1.58. The lowest BCUT2D eigenvalue weighted by atomic mass is 10.1. The van der Waals surface area contributed by atoms with Gasteiger partial charge in [0.25, 0.3) is 0 Å². The quantitative estimate of drug-likeness (QED) is 0.177. The molecule has 1 aliphatic carbocycles. The molecule has 0 bridgehead atoms. The molecule has 35 heavy (non-hydrogen) atoms. The Balaban J connectivity index is 1.66. The second kappa shape index (κ2) is 12.6. The average Bonchev–Trinajstić information content (AvgIpc) is 2.89. The third-order valence-corrected chi connectivity index (χ3v) is 6.85. The molecule has 3 aromatic rings. The van der Waals surface area contributed by atoms with Crippen LogP contribution in [-0.4, -0.2) is 29.9 Å². The Kier molecular flexibility index (Phi) is 9.04. The molecule has 3 aromatic carbocycles. The second-order valence-corrected chi connectivity index (χ2v) is 9.68. The predicted molar refractivity (Wildman–Crippen MR) is 145 cm³/mol. The summed E-state index contributed by atoms with van der Waals surface area (Å²) in [6, 6.07) is 26.3. The van der Waals surface area contributed by atoms with Crippen molar-refractivity contribution in [3.63, 3.8) is 0 Å². The van der Waals surface area contributed by atoms with E-state index in [1.54, 1.807) is 31.0 Å². The smallest absolute Gasteiger partial charge is 0.169 e. The molecule has 0 saturated heterocycles. The topological polar surface area (TPSA) is 24.8 Å². The van der Waals surface area contributed by atoms with Gasteiger partial charge in [-0.05, 0) is 60.0 Å². The molecule has 0 aliphatic heterocycles. The summed E-state index contributed by atoms with van der Waals surface area (Å²) in [7, 11) is 1.66. The number of ether oxygens (including phenoxy) is 1. The van der Waals surface area contributed by atoms with Gasteiger partial charge in [0.05, 0.1) is 12.8 Å². The van der Waals surface area contributed by atoms with Crippen molar-refractivity contribution in [2.24, 2.45) is 4.99 Å². The minimum atomic E-state index is -0.950. The minimum absolute atomic E-state index is 0.343. The van der Waals surface area contributed by atoms with Gasteiger partial charge in [-0.1, -0.05) is 78.0 Å². The number of methoxy groups -OCH3 is 1. The van der Waals surface area contributed by atoms with Gasteiger partial charge in [0.1, 0.15) is 11.9 Å². The number of nitrogens with zero attached hydrogens (tertiary/aromatic N) is 2. The van der Waals surface area contributed by atoms with Gasteiger partial charge >= 0.3 is 0 Å². The number of aliphatic imine (C=N–C) groups is 1. The maximum Gasteiger partial charge on any atom is 0.169 e. The maximum absolute atomic E-state index is 13.7. The number of allylic oxidation sites excluding steroid dienone is 3. The summed E-state index contributed by atoms with van der Waals surface area (Å²) in [5.41, 5.74) is 3.17. The average molecular weight is 507 g/mol. The molecule has 1 unspecified atom stereocenters. The Morgan fingerprint density at radius 1 is 1.06 bits per heavy atom. The van der Waals surface area contributed by atoms with E-state index in [0.29, 0.717) is 13.0 Å². The maximum atomic E-state index is 13.7. The lowest BCUT2D eigenvalue weighted by Gasteiger charge is -2.26. The van der Waals surface area contributed by atoms with Crippen LogP contribution in [0.4, 0.5) is 4.39 Å². The lowest BCUT2D eigenvalue weighted by Crippen LogP contribution is -2.31. The highest BCUT2D eigenvalue weighted by molar-refractivity contribution is 8.13. The summed E-state index contributed by atoms with van der Waals surface area (Å²) in [6.45, 7) is 1.46. The van der Waals surface area contributed by atoms with Crippen LogP contribution < -0.4 is 4.74 Å². The Morgan fingerprint density at radius 2 is 1.86 bits per heavy atom. The summed E-state index contributed by atoms with van der Waals surface area (Å²) < 4.78 is 19.1. The molecule has 1 atom stereocenters. The van der Waals surface area contributed by atoms with Gasteiger partial charge in [0.2, 0.25) is 0 Å². The molecule has 4 rings (SSSR count). The highest BCUT2D eigenvalue weighted by Crippen LogP contribution is 2.28. The van der Waals surface area contributed by atoms with Crippen LogP contribution in [0.3, 0.4) is 0 Å². The van der Waals surface area contributed by atoms with E-state index in [2.05, 4.69) is 29.2 Å². The molecular weight excluding hydrogens is 479 g/mol. The molecule has 0 fully saturated rings. The van der Waals surface area contributed by atoms with Gasteiger partial charge in [-0.25, -0.2) is 9.38 Å². The lowest BCUT2D eigenvalue weighted by molar-refractivity contribution is 0.400. The zero-order valence-corrected chi connectivity index (χ0v) is 21.2. The standard InChI is InChI=1S/C29H28ClFN2OS/c1-34-27-8-5-9-28(20-27)35-29(32-26-16-14-25(31)15-17-26)33(21-23-6-3-2-4-7-23)19-18-22-10-12-24(30)13-11-22/h2-14,16-17,20,25H,15,18-19,21H2,1H3. The molecule has 0 amide bonds. The first kappa shape index (κ1) is 25.1. The largest absolute Gasteiger partial charge is 0.497 e. The number of hydrogen-bond acceptors (Lipinski definition) is 3. The van der Waals surface area contributed by atoms with Crippen molar-refractivity contribution in [3.05, 3.63) is 119 Å². The van der Waals surface area contributed by atoms with Gasteiger partial charge in [-0.15, -0.1) is 0 Å². The Hall–Kier alpha value is -3.02. The zero-order chi connectivity index (χ0) is 24.5. The normalized spacial score (nSPS) is 15.6. The Bertz CT molecular complexity index is 1190. The molecule has 0 aromatic heterocycles. The van der Waals surface area contributed by atoms with E-state index >= 15 is 0 Å². The number of benzene rings is 3. The molecule has 1 aliphatic rings. The van der Waals surface area contributed by atoms with Crippen LogP contribution in [0.15, 0.2) is 113 Å². The van der Waals surface area contributed by atoms with Crippen molar-refractivity contribution < 1.29 is 9.13 Å². The molecule has 180 valence electrons. The van der Waals surface area contributed by atoms with E-state index in [1.165, 1.54) is 11.1 Å². The van der Waals surface area contributed by atoms with Gasteiger partial charge in [0, 0.05) is 29.4 Å². The number of alkyl halides is 1. The third kappa shape index (κ3) is 7.74. The summed E-state index contributed by atoms with van der Waals surface area (Å²) >= 11 is 7.67. The number of amidine groups is 1. The van der Waals surface area contributed by atoms with Gasteiger partial charge < -0.3 is 9.64 Å². The molecule has 0 spiro atoms. The molecule has 3 nitrogen and oxygen atoms in total. The summed E-state index contributed by atoms with van der Waals surface area (Å²) in [6.07, 6.45) is 5.42. The van der Waals surface area contributed by atoms with Crippen LogP contribution in [0.1, 0.15) is 17.5 Å². The Morgan fingerprint density at radius 3 is 2.57 bits per heavy atom. The van der Waals surface area contributed by atoms with Crippen molar-refractivity contribution in [3.8, 4) is 5.75 Å². The van der Waals surface area contributed by atoms with Gasteiger partial charge in [-0.2, -0.15) is 0 Å². The van der Waals surface area contributed by atoms with Crippen molar-refractivity contribution in [2.45, 2.75) is 30.5 Å². The van der Waals surface area contributed by atoms with Crippen LogP contribution in [-0.2, 0) is 13.0 Å². The number of rotatable bonds is 8. The number of halogens is 2. The number of thioether (sulfide) groups is 1. The SMILES string of the molecule is COc1cccc(SC(=NC2=CCC(F)C=C2)N(CCc2ccc(Cl)cc2)Cc2ccccc2)c1. The van der Waals surface area contributed by atoms with Crippen LogP contribution >= 0.6 is 23.4 Å². The van der Waals surface area contributed by atoms with E-state index in [1.807, 2.05) is 60.7 Å². The van der Waals surface area contributed by atoms with Crippen LogP contribution in [0, 0.1) is 0 Å². The monoisotopic (exact) mass is 506 g/mol. The predicted octanol–water partition coefficient (Wildman–Crippen LogP) is 7.72. The van der Waals surface area contributed by atoms with E-state index in [-0.39, 0.29) is 0 Å². The molecule has 0 radical (unpaired) electrons. The highest BCUT2D eigenvalue weighted by Gasteiger charge is 2.17. The molecular formula is C29H28ClFN2OS. The fourth-order valence-electron chi connectivity index (χ4n) is 3.67. The fourth-order valence-corrected chi connectivity index (χ4v) is 4.76. The van der Waals surface area contributed by atoms with Gasteiger partial charge in [0.15, 0.2) is 5.17 Å². The van der Waals surface area contributed by atoms with Crippen LogP contribution in [0.2, 0.25) is 5.02 Å². The molecule has 6 heteroatoms. The minimum Gasteiger partial charge on any atom is -0.497 e. The first-order valence-electron chi connectivity index (χ1n) is 11.6. The number of hydrogen-bond donors (Lipinski definition) is 0.